The Morgan fingerprint density at radius 1 is 1.05 bits per heavy atom. The van der Waals surface area contributed by atoms with E-state index in [1.54, 1.807) is 0 Å². The molecule has 1 aliphatic rings. The van der Waals surface area contributed by atoms with Crippen molar-refractivity contribution in [3.63, 3.8) is 0 Å². The SMILES string of the molecule is CCC[C@H](NC(=O)c1ccc(CN[C@@H](COC(C)(C)C)CC2CCCCC2)cc1-c1ccccc1C)C(=O)O. The van der Waals surface area contributed by atoms with Gasteiger partial charge in [-0.1, -0.05) is 75.8 Å². The average molecular weight is 537 g/mol. The number of nitrogens with one attached hydrogen (secondary N) is 2. The normalized spacial score (nSPS) is 16.0. The number of hydrogen-bond acceptors (Lipinski definition) is 4. The molecular formula is C33H48N2O4. The van der Waals surface area contributed by atoms with E-state index >= 15 is 0 Å². The summed E-state index contributed by atoms with van der Waals surface area (Å²) in [7, 11) is 0. The lowest BCUT2D eigenvalue weighted by atomic mass is 9.85. The molecular weight excluding hydrogens is 488 g/mol. The highest BCUT2D eigenvalue weighted by Crippen LogP contribution is 2.30. The van der Waals surface area contributed by atoms with E-state index in [0.29, 0.717) is 31.6 Å². The van der Waals surface area contributed by atoms with Gasteiger partial charge in [0, 0.05) is 18.2 Å². The Morgan fingerprint density at radius 2 is 1.77 bits per heavy atom. The number of ether oxygens (including phenoxy) is 1. The summed E-state index contributed by atoms with van der Waals surface area (Å²) in [4.78, 5) is 25.0. The average Bonchev–Trinajstić information content (AvgIpc) is 2.90. The van der Waals surface area contributed by atoms with E-state index in [4.69, 9.17) is 4.74 Å². The van der Waals surface area contributed by atoms with Gasteiger partial charge in [-0.3, -0.25) is 4.79 Å². The maximum Gasteiger partial charge on any atom is 0.326 e. The van der Waals surface area contributed by atoms with Gasteiger partial charge in [-0.25, -0.2) is 4.79 Å². The van der Waals surface area contributed by atoms with Crippen LogP contribution in [0.2, 0.25) is 0 Å². The molecule has 0 saturated heterocycles. The Kier molecular flexibility index (Phi) is 11.6. The van der Waals surface area contributed by atoms with Crippen LogP contribution in [0, 0.1) is 12.8 Å². The topological polar surface area (TPSA) is 87.7 Å². The van der Waals surface area contributed by atoms with Crippen molar-refractivity contribution in [2.24, 2.45) is 5.92 Å². The first-order chi connectivity index (χ1) is 18.6. The molecule has 0 radical (unpaired) electrons. The van der Waals surface area contributed by atoms with Gasteiger partial charge in [-0.2, -0.15) is 0 Å². The van der Waals surface area contributed by atoms with Crippen LogP contribution >= 0.6 is 0 Å². The van der Waals surface area contributed by atoms with Crippen molar-refractivity contribution in [1.29, 1.82) is 0 Å². The molecule has 6 nitrogen and oxygen atoms in total. The van der Waals surface area contributed by atoms with Gasteiger partial charge >= 0.3 is 5.97 Å². The third kappa shape index (κ3) is 9.77. The second-order valence-electron chi connectivity index (χ2n) is 12.1. The lowest BCUT2D eigenvalue weighted by Gasteiger charge is -2.30. The number of aliphatic carboxylic acids is 1. The first kappa shape index (κ1) is 30.8. The summed E-state index contributed by atoms with van der Waals surface area (Å²) in [6.45, 7) is 11.6. The van der Waals surface area contributed by atoms with Crippen molar-refractivity contribution < 1.29 is 19.4 Å². The van der Waals surface area contributed by atoms with Crippen LogP contribution in [0.1, 0.15) is 101 Å². The predicted octanol–water partition coefficient (Wildman–Crippen LogP) is 6.89. The van der Waals surface area contributed by atoms with Crippen LogP contribution in [0.15, 0.2) is 42.5 Å². The Labute approximate surface area is 234 Å². The second kappa shape index (κ2) is 14.6. The number of carboxylic acid groups (broad SMARTS) is 1. The van der Waals surface area contributed by atoms with Crippen molar-refractivity contribution >= 4 is 11.9 Å². The van der Waals surface area contributed by atoms with Gasteiger partial charge < -0.3 is 20.5 Å². The van der Waals surface area contributed by atoms with E-state index in [1.807, 2.05) is 50.2 Å². The molecule has 2 aromatic carbocycles. The highest BCUT2D eigenvalue weighted by molar-refractivity contribution is 6.02. The molecule has 6 heteroatoms. The van der Waals surface area contributed by atoms with Crippen LogP contribution in [0.5, 0.6) is 0 Å². The van der Waals surface area contributed by atoms with Gasteiger partial charge in [-0.05, 0) is 80.8 Å². The number of benzene rings is 2. The van der Waals surface area contributed by atoms with E-state index in [-0.39, 0.29) is 17.6 Å². The molecule has 0 aromatic heterocycles. The Hall–Kier alpha value is -2.70. The monoisotopic (exact) mass is 536 g/mol. The predicted molar refractivity (Wildman–Crippen MR) is 158 cm³/mol. The van der Waals surface area contributed by atoms with Crippen LogP contribution in [-0.4, -0.2) is 41.3 Å². The van der Waals surface area contributed by atoms with Crippen LogP contribution in [0.25, 0.3) is 11.1 Å². The highest BCUT2D eigenvalue weighted by atomic mass is 16.5. The lowest BCUT2D eigenvalue weighted by Crippen LogP contribution is -2.40. The highest BCUT2D eigenvalue weighted by Gasteiger charge is 2.24. The molecule has 2 aromatic rings. The zero-order chi connectivity index (χ0) is 28.4. The Balaban J connectivity index is 1.84. The number of carbonyl (C=O) groups excluding carboxylic acids is 1. The van der Waals surface area contributed by atoms with Gasteiger partial charge in [0.1, 0.15) is 6.04 Å². The van der Waals surface area contributed by atoms with Gasteiger partial charge in [0.05, 0.1) is 12.2 Å². The maximum absolute atomic E-state index is 13.3. The summed E-state index contributed by atoms with van der Waals surface area (Å²) in [6.07, 6.45) is 8.75. The number of amides is 1. The van der Waals surface area contributed by atoms with Crippen molar-refractivity contribution in [2.75, 3.05) is 6.61 Å². The van der Waals surface area contributed by atoms with E-state index < -0.39 is 12.0 Å². The van der Waals surface area contributed by atoms with Crippen molar-refractivity contribution in [3.05, 3.63) is 59.2 Å². The van der Waals surface area contributed by atoms with E-state index in [1.165, 1.54) is 32.1 Å². The molecule has 3 N–H and O–H groups in total. The molecule has 1 saturated carbocycles. The molecule has 3 rings (SSSR count). The maximum atomic E-state index is 13.3. The summed E-state index contributed by atoms with van der Waals surface area (Å²) >= 11 is 0. The fourth-order valence-electron chi connectivity index (χ4n) is 5.43. The molecule has 0 unspecified atom stereocenters. The molecule has 0 bridgehead atoms. The van der Waals surface area contributed by atoms with Gasteiger partial charge in [0.2, 0.25) is 0 Å². The van der Waals surface area contributed by atoms with Crippen molar-refractivity contribution in [2.45, 2.75) is 110 Å². The zero-order valence-electron chi connectivity index (χ0n) is 24.5. The van der Waals surface area contributed by atoms with Gasteiger partial charge in [-0.15, -0.1) is 0 Å². The first-order valence-corrected chi connectivity index (χ1v) is 14.7. The number of carboxylic acids is 1. The standard InChI is InChI=1S/C33H48N2O4/c1-6-12-30(32(37)38)35-31(36)28-18-17-25(20-29(28)27-16-11-10-13-23(27)2)21-34-26(22-39-33(3,4)5)19-24-14-8-7-9-15-24/h10-11,13,16-18,20,24,26,30,34H,6-9,12,14-15,19,21-22H2,1-5H3,(H,35,36)(H,37,38)/t26-,30+/m1/s1. The molecule has 0 aliphatic heterocycles. The number of aryl methyl sites for hydroxylation is 1. The fraction of sp³-hybridized carbons (Fsp3) is 0.576. The van der Waals surface area contributed by atoms with E-state index in [9.17, 15) is 14.7 Å². The minimum absolute atomic E-state index is 0.189. The number of carbonyl (C=O) groups is 2. The third-order valence-electron chi connectivity index (χ3n) is 7.60. The summed E-state index contributed by atoms with van der Waals surface area (Å²) in [5.41, 5.74) is 4.24. The van der Waals surface area contributed by atoms with Gasteiger partial charge in [0.25, 0.3) is 5.91 Å². The van der Waals surface area contributed by atoms with Gasteiger partial charge in [0.15, 0.2) is 0 Å². The summed E-state index contributed by atoms with van der Waals surface area (Å²) in [6, 6.07) is 13.2. The molecule has 0 heterocycles. The lowest BCUT2D eigenvalue weighted by molar-refractivity contribution is -0.139. The Morgan fingerprint density at radius 3 is 2.41 bits per heavy atom. The molecule has 0 spiro atoms. The quantitative estimate of drug-likeness (QED) is 0.259. The summed E-state index contributed by atoms with van der Waals surface area (Å²) < 4.78 is 6.19. The van der Waals surface area contributed by atoms with Crippen LogP contribution < -0.4 is 10.6 Å². The largest absolute Gasteiger partial charge is 0.480 e. The van der Waals surface area contributed by atoms with Crippen molar-refractivity contribution in [1.82, 2.24) is 10.6 Å². The zero-order valence-corrected chi connectivity index (χ0v) is 24.5. The minimum Gasteiger partial charge on any atom is -0.480 e. The van der Waals surface area contributed by atoms with Crippen LogP contribution in [0.3, 0.4) is 0 Å². The smallest absolute Gasteiger partial charge is 0.326 e. The molecule has 214 valence electrons. The third-order valence-corrected chi connectivity index (χ3v) is 7.60. The van der Waals surface area contributed by atoms with Crippen molar-refractivity contribution in [3.8, 4) is 11.1 Å². The molecule has 1 amide bonds. The van der Waals surface area contributed by atoms with Crippen LogP contribution in [-0.2, 0) is 16.1 Å². The van der Waals surface area contributed by atoms with E-state index in [2.05, 4.69) is 37.5 Å². The summed E-state index contributed by atoms with van der Waals surface area (Å²) in [5.74, 6) is -0.633. The van der Waals surface area contributed by atoms with E-state index in [0.717, 1.165) is 34.6 Å². The minimum atomic E-state index is -1.01. The Bertz CT molecular complexity index is 1090. The fourth-order valence-corrected chi connectivity index (χ4v) is 5.43. The molecule has 2 atom stereocenters. The first-order valence-electron chi connectivity index (χ1n) is 14.7. The molecule has 39 heavy (non-hydrogen) atoms. The summed E-state index contributed by atoms with van der Waals surface area (Å²) in [5, 5.41) is 16.1. The van der Waals surface area contributed by atoms with Crippen LogP contribution in [0.4, 0.5) is 0 Å². The second-order valence-corrected chi connectivity index (χ2v) is 12.1. The molecule has 1 aliphatic carbocycles. The molecule has 1 fully saturated rings. The number of rotatable bonds is 13. The number of hydrogen-bond donors (Lipinski definition) is 3.